The predicted molar refractivity (Wildman–Crippen MR) is 116 cm³/mol. The molecule has 7 nitrogen and oxygen atoms in total. The van der Waals surface area contributed by atoms with Crippen molar-refractivity contribution in [3.63, 3.8) is 0 Å². The lowest BCUT2D eigenvalue weighted by molar-refractivity contribution is -0.123. The monoisotopic (exact) mass is 400 g/mol. The second-order valence-corrected chi connectivity index (χ2v) is 7.84. The van der Waals surface area contributed by atoms with Crippen LogP contribution in [0.4, 0.5) is 5.69 Å². The number of anilines is 1. The highest BCUT2D eigenvalue weighted by molar-refractivity contribution is 5.92. The number of carbonyl (C=O) groups excluding carboxylic acids is 1. The van der Waals surface area contributed by atoms with Crippen molar-refractivity contribution in [3.8, 4) is 6.07 Å². The summed E-state index contributed by atoms with van der Waals surface area (Å²) in [5.74, 6) is 0.198. The first kappa shape index (κ1) is 19.8. The third kappa shape index (κ3) is 3.95. The summed E-state index contributed by atoms with van der Waals surface area (Å²) in [6.07, 6.45) is 4.11. The maximum absolute atomic E-state index is 12.7. The molecule has 0 spiro atoms. The number of benzene rings is 2. The molecule has 2 aromatic carbocycles. The molecular weight excluding hydrogens is 376 g/mol. The van der Waals surface area contributed by atoms with Crippen molar-refractivity contribution in [2.75, 3.05) is 18.0 Å². The highest BCUT2D eigenvalue weighted by Gasteiger charge is 2.29. The Morgan fingerprint density at radius 3 is 2.63 bits per heavy atom. The molecular formula is C23H24N6O. The Balaban J connectivity index is 1.55. The van der Waals surface area contributed by atoms with Crippen LogP contribution in [0.3, 0.4) is 0 Å². The van der Waals surface area contributed by atoms with Gasteiger partial charge in [0, 0.05) is 31.5 Å². The molecule has 1 aliphatic rings. The largest absolute Gasteiger partial charge is 0.367 e. The van der Waals surface area contributed by atoms with Gasteiger partial charge >= 0.3 is 0 Å². The maximum atomic E-state index is 12.7. The number of fused-ring (bicyclic) bond motifs is 1. The molecule has 3 N–H and O–H groups in total. The van der Waals surface area contributed by atoms with Gasteiger partial charge in [0.1, 0.15) is 23.1 Å². The Kier molecular flexibility index (Phi) is 5.59. The van der Waals surface area contributed by atoms with Gasteiger partial charge < -0.3 is 16.0 Å². The Bertz CT molecular complexity index is 1090. The summed E-state index contributed by atoms with van der Waals surface area (Å²) in [7, 11) is 0. The summed E-state index contributed by atoms with van der Waals surface area (Å²) in [6.45, 7) is 3.66. The molecule has 1 fully saturated rings. The topological polar surface area (TPSA) is 108 Å². The molecule has 0 aliphatic carbocycles. The highest BCUT2D eigenvalue weighted by Crippen LogP contribution is 2.30. The van der Waals surface area contributed by atoms with Crippen LogP contribution in [-0.2, 0) is 4.79 Å². The zero-order valence-electron chi connectivity index (χ0n) is 16.8. The Morgan fingerprint density at radius 2 is 1.90 bits per heavy atom. The fourth-order valence-corrected chi connectivity index (χ4v) is 4.14. The molecule has 30 heavy (non-hydrogen) atoms. The fraction of sp³-hybridized carbons (Fsp3) is 0.304. The SMILES string of the molecule is C[C@H]1C[C@@H](NC(=O)[C@H](N)c2ccccc2)CN(c2ccc(C#N)c3nccnc23)C1. The molecule has 4 rings (SSSR count). The normalized spacial score (nSPS) is 19.8. The number of carbonyl (C=O) groups is 1. The Hall–Kier alpha value is -3.50. The number of nitrogens with two attached hydrogens (primary N) is 1. The summed E-state index contributed by atoms with van der Waals surface area (Å²) in [4.78, 5) is 23.8. The van der Waals surface area contributed by atoms with Gasteiger partial charge in [-0.25, -0.2) is 0 Å². The minimum absolute atomic E-state index is 0.0293. The molecule has 1 saturated heterocycles. The molecule has 152 valence electrons. The zero-order valence-corrected chi connectivity index (χ0v) is 16.8. The third-order valence-corrected chi connectivity index (χ3v) is 5.51. The van der Waals surface area contributed by atoms with Crippen LogP contribution in [0.25, 0.3) is 11.0 Å². The van der Waals surface area contributed by atoms with Gasteiger partial charge in [0.15, 0.2) is 0 Å². The van der Waals surface area contributed by atoms with Crippen molar-refractivity contribution in [1.29, 1.82) is 5.26 Å². The van der Waals surface area contributed by atoms with Gasteiger partial charge in [-0.15, -0.1) is 0 Å². The van der Waals surface area contributed by atoms with Gasteiger partial charge in [0.25, 0.3) is 0 Å². The summed E-state index contributed by atoms with van der Waals surface area (Å²) in [6, 6.07) is 14.5. The quantitative estimate of drug-likeness (QED) is 0.697. The molecule has 0 bridgehead atoms. The standard InChI is InChI=1S/C23H24N6O/c1-15-11-18(28-23(30)20(25)16-5-3-2-4-6-16)14-29(13-15)19-8-7-17(12-24)21-22(19)27-10-9-26-21/h2-10,15,18,20H,11,13-14,25H2,1H3,(H,28,30)/t15-,18+,20+/m0/s1. The van der Waals surface area contributed by atoms with E-state index in [9.17, 15) is 10.1 Å². The third-order valence-electron chi connectivity index (χ3n) is 5.51. The Labute approximate surface area is 175 Å². The highest BCUT2D eigenvalue weighted by atomic mass is 16.2. The lowest BCUT2D eigenvalue weighted by Gasteiger charge is -2.38. The average Bonchev–Trinajstić information content (AvgIpc) is 2.78. The van der Waals surface area contributed by atoms with Crippen molar-refractivity contribution in [3.05, 3.63) is 66.0 Å². The number of piperidine rings is 1. The number of hydrogen-bond acceptors (Lipinski definition) is 6. The first-order valence-electron chi connectivity index (χ1n) is 10.1. The first-order chi connectivity index (χ1) is 14.6. The van der Waals surface area contributed by atoms with Gasteiger partial charge in [-0.3, -0.25) is 14.8 Å². The van der Waals surface area contributed by atoms with Crippen molar-refractivity contribution in [2.45, 2.75) is 25.4 Å². The van der Waals surface area contributed by atoms with E-state index in [4.69, 9.17) is 5.73 Å². The lowest BCUT2D eigenvalue weighted by Crippen LogP contribution is -2.52. The number of nitrogens with one attached hydrogen (secondary N) is 1. The maximum Gasteiger partial charge on any atom is 0.241 e. The molecule has 7 heteroatoms. The van der Waals surface area contributed by atoms with Gasteiger partial charge in [0.05, 0.1) is 11.3 Å². The van der Waals surface area contributed by atoms with E-state index >= 15 is 0 Å². The second kappa shape index (κ2) is 8.47. The number of nitriles is 1. The van der Waals surface area contributed by atoms with Gasteiger partial charge in [-0.05, 0) is 30.0 Å². The first-order valence-corrected chi connectivity index (χ1v) is 10.1. The van der Waals surface area contributed by atoms with Gasteiger partial charge in [0.2, 0.25) is 5.91 Å². The second-order valence-electron chi connectivity index (χ2n) is 7.84. The zero-order chi connectivity index (χ0) is 21.1. The van der Waals surface area contributed by atoms with E-state index in [1.165, 1.54) is 0 Å². The van der Waals surface area contributed by atoms with Crippen LogP contribution in [-0.4, -0.2) is 35.0 Å². The van der Waals surface area contributed by atoms with E-state index in [0.29, 0.717) is 29.1 Å². The van der Waals surface area contributed by atoms with Crippen molar-refractivity contribution in [1.82, 2.24) is 15.3 Å². The molecule has 0 unspecified atom stereocenters. The van der Waals surface area contributed by atoms with E-state index in [1.54, 1.807) is 18.5 Å². The minimum atomic E-state index is -0.696. The Morgan fingerprint density at radius 1 is 1.17 bits per heavy atom. The molecule has 3 atom stereocenters. The van der Waals surface area contributed by atoms with E-state index in [-0.39, 0.29) is 11.9 Å². The summed E-state index contributed by atoms with van der Waals surface area (Å²) in [5.41, 5.74) is 9.70. The van der Waals surface area contributed by atoms with Crippen LogP contribution in [0.5, 0.6) is 0 Å². The molecule has 1 amide bonds. The lowest BCUT2D eigenvalue weighted by atomic mass is 9.94. The molecule has 0 radical (unpaired) electrons. The number of rotatable bonds is 4. The van der Waals surface area contributed by atoms with E-state index < -0.39 is 6.04 Å². The molecule has 1 aliphatic heterocycles. The summed E-state index contributed by atoms with van der Waals surface area (Å²) >= 11 is 0. The fourth-order valence-electron chi connectivity index (χ4n) is 4.14. The number of amides is 1. The van der Waals surface area contributed by atoms with E-state index in [2.05, 4.69) is 33.2 Å². The number of aromatic nitrogens is 2. The van der Waals surface area contributed by atoms with Crippen LogP contribution < -0.4 is 16.0 Å². The molecule has 2 heterocycles. The minimum Gasteiger partial charge on any atom is -0.367 e. The number of nitrogens with zero attached hydrogens (tertiary/aromatic N) is 4. The molecule has 3 aromatic rings. The van der Waals surface area contributed by atoms with Gasteiger partial charge in [-0.1, -0.05) is 37.3 Å². The van der Waals surface area contributed by atoms with Crippen molar-refractivity contribution in [2.24, 2.45) is 11.7 Å². The molecule has 1 aromatic heterocycles. The van der Waals surface area contributed by atoms with Gasteiger partial charge in [-0.2, -0.15) is 5.26 Å². The van der Waals surface area contributed by atoms with E-state index in [0.717, 1.165) is 24.2 Å². The van der Waals surface area contributed by atoms with Crippen LogP contribution in [0, 0.1) is 17.2 Å². The average molecular weight is 400 g/mol. The summed E-state index contributed by atoms with van der Waals surface area (Å²) < 4.78 is 0. The molecule has 0 saturated carbocycles. The van der Waals surface area contributed by atoms with Crippen LogP contribution >= 0.6 is 0 Å². The smallest absolute Gasteiger partial charge is 0.241 e. The van der Waals surface area contributed by atoms with Crippen LogP contribution in [0.15, 0.2) is 54.9 Å². The predicted octanol–water partition coefficient (Wildman–Crippen LogP) is 2.53. The van der Waals surface area contributed by atoms with Crippen molar-refractivity contribution < 1.29 is 4.79 Å². The summed E-state index contributed by atoms with van der Waals surface area (Å²) in [5, 5.41) is 12.5. The van der Waals surface area contributed by atoms with Crippen LogP contribution in [0.1, 0.15) is 30.5 Å². The van der Waals surface area contributed by atoms with E-state index in [1.807, 2.05) is 36.4 Å². The number of hydrogen-bond donors (Lipinski definition) is 2. The van der Waals surface area contributed by atoms with Crippen molar-refractivity contribution >= 4 is 22.6 Å². The van der Waals surface area contributed by atoms with Crippen LogP contribution in [0.2, 0.25) is 0 Å².